The lowest BCUT2D eigenvalue weighted by Gasteiger charge is -2.08. The molecule has 4 heteroatoms. The first-order valence-corrected chi connectivity index (χ1v) is 5.97. The molecule has 16 heavy (non-hydrogen) atoms. The largest absolute Gasteiger partial charge is 0.355 e. The van der Waals surface area contributed by atoms with Crippen molar-refractivity contribution in [1.82, 2.24) is 4.98 Å². The second-order valence-electron chi connectivity index (χ2n) is 3.46. The highest BCUT2D eigenvalue weighted by Crippen LogP contribution is 2.23. The summed E-state index contributed by atoms with van der Waals surface area (Å²) >= 11 is 9.28. The predicted octanol–water partition coefficient (Wildman–Crippen LogP) is 4.55. The standard InChI is InChI=1S/C12H10BrClN2/c1-8-6-9(2-3-11(8)13)16-10-4-5-15-12(14)7-10/h2-7H,1H3,(H,15,16). The number of halogens is 2. The van der Waals surface area contributed by atoms with E-state index >= 15 is 0 Å². The second-order valence-corrected chi connectivity index (χ2v) is 4.70. The van der Waals surface area contributed by atoms with Crippen LogP contribution in [-0.4, -0.2) is 4.98 Å². The van der Waals surface area contributed by atoms with Crippen molar-refractivity contribution >= 4 is 38.9 Å². The van der Waals surface area contributed by atoms with Crippen molar-refractivity contribution in [2.75, 3.05) is 5.32 Å². The van der Waals surface area contributed by atoms with E-state index in [1.165, 1.54) is 5.56 Å². The molecule has 0 radical (unpaired) electrons. The third-order valence-electron chi connectivity index (χ3n) is 2.17. The van der Waals surface area contributed by atoms with Crippen molar-refractivity contribution in [3.05, 3.63) is 51.7 Å². The molecule has 2 aromatic rings. The Bertz CT molecular complexity index is 514. The Balaban J connectivity index is 2.24. The Hall–Kier alpha value is -1.06. The third-order valence-corrected chi connectivity index (χ3v) is 3.27. The quantitative estimate of drug-likeness (QED) is 0.823. The zero-order chi connectivity index (χ0) is 11.5. The smallest absolute Gasteiger partial charge is 0.131 e. The van der Waals surface area contributed by atoms with Gasteiger partial charge in [0.2, 0.25) is 0 Å². The maximum atomic E-state index is 5.81. The normalized spacial score (nSPS) is 10.2. The second kappa shape index (κ2) is 4.85. The summed E-state index contributed by atoms with van der Waals surface area (Å²) in [5, 5.41) is 3.75. The van der Waals surface area contributed by atoms with Crippen LogP contribution in [0.25, 0.3) is 0 Å². The fourth-order valence-electron chi connectivity index (χ4n) is 1.37. The number of hydrogen-bond donors (Lipinski definition) is 1. The van der Waals surface area contributed by atoms with Gasteiger partial charge in [0, 0.05) is 22.0 Å². The lowest BCUT2D eigenvalue weighted by molar-refractivity contribution is 1.32. The molecular formula is C12H10BrClN2. The van der Waals surface area contributed by atoms with Gasteiger partial charge < -0.3 is 5.32 Å². The Morgan fingerprint density at radius 1 is 1.19 bits per heavy atom. The Labute approximate surface area is 108 Å². The summed E-state index contributed by atoms with van der Waals surface area (Å²) < 4.78 is 1.10. The summed E-state index contributed by atoms with van der Waals surface area (Å²) in [5.74, 6) is 0. The molecule has 0 spiro atoms. The van der Waals surface area contributed by atoms with Gasteiger partial charge in [-0.2, -0.15) is 0 Å². The van der Waals surface area contributed by atoms with Gasteiger partial charge in [0.25, 0.3) is 0 Å². The number of aryl methyl sites for hydroxylation is 1. The summed E-state index contributed by atoms with van der Waals surface area (Å²) in [6.45, 7) is 2.05. The van der Waals surface area contributed by atoms with E-state index in [1.54, 1.807) is 12.3 Å². The number of pyridine rings is 1. The van der Waals surface area contributed by atoms with Gasteiger partial charge in [-0.15, -0.1) is 0 Å². The van der Waals surface area contributed by atoms with Crippen LogP contribution in [0.15, 0.2) is 41.0 Å². The van der Waals surface area contributed by atoms with E-state index in [0.29, 0.717) is 5.15 Å². The number of nitrogens with zero attached hydrogens (tertiary/aromatic N) is 1. The van der Waals surface area contributed by atoms with Crippen molar-refractivity contribution in [1.29, 1.82) is 0 Å². The molecule has 0 atom stereocenters. The van der Waals surface area contributed by atoms with Gasteiger partial charge in [0.15, 0.2) is 0 Å². The molecule has 0 amide bonds. The highest BCUT2D eigenvalue weighted by Gasteiger charge is 1.99. The van der Waals surface area contributed by atoms with Crippen LogP contribution >= 0.6 is 27.5 Å². The first-order chi connectivity index (χ1) is 7.65. The van der Waals surface area contributed by atoms with E-state index in [-0.39, 0.29) is 0 Å². The first-order valence-electron chi connectivity index (χ1n) is 4.80. The zero-order valence-electron chi connectivity index (χ0n) is 8.67. The molecule has 0 fully saturated rings. The molecule has 0 aliphatic heterocycles. The van der Waals surface area contributed by atoms with Crippen LogP contribution in [0.5, 0.6) is 0 Å². The fourth-order valence-corrected chi connectivity index (χ4v) is 1.79. The van der Waals surface area contributed by atoms with Gasteiger partial charge in [-0.3, -0.25) is 0 Å². The minimum absolute atomic E-state index is 0.485. The molecule has 0 aliphatic rings. The van der Waals surface area contributed by atoms with Gasteiger partial charge in [-0.1, -0.05) is 27.5 Å². The molecule has 1 heterocycles. The van der Waals surface area contributed by atoms with Crippen LogP contribution in [0.3, 0.4) is 0 Å². The number of rotatable bonds is 2. The van der Waals surface area contributed by atoms with Crippen LogP contribution in [0.1, 0.15) is 5.56 Å². The summed E-state index contributed by atoms with van der Waals surface area (Å²) in [7, 11) is 0. The predicted molar refractivity (Wildman–Crippen MR) is 71.4 cm³/mol. The van der Waals surface area contributed by atoms with Crippen molar-refractivity contribution in [2.24, 2.45) is 0 Å². The van der Waals surface area contributed by atoms with E-state index in [0.717, 1.165) is 15.8 Å². The molecule has 82 valence electrons. The van der Waals surface area contributed by atoms with Crippen LogP contribution < -0.4 is 5.32 Å². The monoisotopic (exact) mass is 296 g/mol. The van der Waals surface area contributed by atoms with Gasteiger partial charge in [-0.05, 0) is 42.8 Å². The molecule has 0 aliphatic carbocycles. The lowest BCUT2D eigenvalue weighted by atomic mass is 10.2. The zero-order valence-corrected chi connectivity index (χ0v) is 11.0. The molecular weight excluding hydrogens is 288 g/mol. The van der Waals surface area contributed by atoms with Crippen molar-refractivity contribution in [3.8, 4) is 0 Å². The minimum Gasteiger partial charge on any atom is -0.355 e. The van der Waals surface area contributed by atoms with Gasteiger partial charge in [-0.25, -0.2) is 4.98 Å². The highest BCUT2D eigenvalue weighted by atomic mass is 79.9. The van der Waals surface area contributed by atoms with E-state index in [4.69, 9.17) is 11.6 Å². The topological polar surface area (TPSA) is 24.9 Å². The van der Waals surface area contributed by atoms with E-state index in [2.05, 4.69) is 39.2 Å². The molecule has 0 saturated heterocycles. The molecule has 1 aromatic heterocycles. The third kappa shape index (κ3) is 2.74. The van der Waals surface area contributed by atoms with Gasteiger partial charge in [0.1, 0.15) is 5.15 Å². The highest BCUT2D eigenvalue weighted by molar-refractivity contribution is 9.10. The molecule has 1 aromatic carbocycles. The summed E-state index contributed by atoms with van der Waals surface area (Å²) in [5.41, 5.74) is 3.15. The van der Waals surface area contributed by atoms with Gasteiger partial charge >= 0.3 is 0 Å². The number of hydrogen-bond acceptors (Lipinski definition) is 2. The van der Waals surface area contributed by atoms with Crippen LogP contribution in [-0.2, 0) is 0 Å². The number of nitrogens with one attached hydrogen (secondary N) is 1. The average Bonchev–Trinajstić information content (AvgIpc) is 2.24. The molecule has 0 saturated carbocycles. The maximum absolute atomic E-state index is 5.81. The van der Waals surface area contributed by atoms with E-state index < -0.39 is 0 Å². The maximum Gasteiger partial charge on any atom is 0.131 e. The first kappa shape index (κ1) is 11.4. The Kier molecular flexibility index (Phi) is 3.46. The van der Waals surface area contributed by atoms with E-state index in [1.807, 2.05) is 18.2 Å². The van der Waals surface area contributed by atoms with Crippen molar-refractivity contribution in [3.63, 3.8) is 0 Å². The molecule has 2 rings (SSSR count). The fraction of sp³-hybridized carbons (Fsp3) is 0.0833. The summed E-state index contributed by atoms with van der Waals surface area (Å²) in [6.07, 6.45) is 1.68. The lowest BCUT2D eigenvalue weighted by Crippen LogP contribution is -1.91. The Morgan fingerprint density at radius 2 is 1.94 bits per heavy atom. The van der Waals surface area contributed by atoms with Crippen LogP contribution in [0.4, 0.5) is 11.4 Å². The number of benzene rings is 1. The average molecular weight is 298 g/mol. The van der Waals surface area contributed by atoms with Crippen LogP contribution in [0, 0.1) is 6.92 Å². The molecule has 0 bridgehead atoms. The van der Waals surface area contributed by atoms with Crippen molar-refractivity contribution < 1.29 is 0 Å². The number of anilines is 2. The molecule has 0 unspecified atom stereocenters. The number of aromatic nitrogens is 1. The minimum atomic E-state index is 0.485. The summed E-state index contributed by atoms with van der Waals surface area (Å²) in [6, 6.07) is 9.76. The van der Waals surface area contributed by atoms with Crippen LogP contribution in [0.2, 0.25) is 5.15 Å². The van der Waals surface area contributed by atoms with Crippen molar-refractivity contribution in [2.45, 2.75) is 6.92 Å². The summed E-state index contributed by atoms with van der Waals surface area (Å²) in [4.78, 5) is 3.93. The SMILES string of the molecule is Cc1cc(Nc2ccnc(Cl)c2)ccc1Br. The van der Waals surface area contributed by atoms with E-state index in [9.17, 15) is 0 Å². The van der Waals surface area contributed by atoms with Gasteiger partial charge in [0.05, 0.1) is 0 Å². The molecule has 2 nitrogen and oxygen atoms in total. The Morgan fingerprint density at radius 3 is 2.62 bits per heavy atom. The molecule has 1 N–H and O–H groups in total.